The molecule has 0 aliphatic carbocycles. The lowest BCUT2D eigenvalue weighted by molar-refractivity contribution is 0.0617. The average molecular weight is 358 g/mol. The van der Waals surface area contributed by atoms with E-state index in [-0.39, 0.29) is 12.8 Å². The highest BCUT2D eigenvalue weighted by molar-refractivity contribution is 5.89. The van der Waals surface area contributed by atoms with Gasteiger partial charge in [-0.05, 0) is 35.4 Å². The van der Waals surface area contributed by atoms with Gasteiger partial charge in [0, 0.05) is 19.3 Å². The third-order valence-corrected chi connectivity index (χ3v) is 3.78. The van der Waals surface area contributed by atoms with Crippen LogP contribution in [0.3, 0.4) is 0 Å². The van der Waals surface area contributed by atoms with Crippen molar-refractivity contribution in [1.29, 1.82) is 0 Å². The fraction of sp³-hybridized carbons (Fsp3) is 0.316. The van der Waals surface area contributed by atoms with E-state index in [1.165, 1.54) is 0 Å². The molecule has 0 spiro atoms. The quantitative estimate of drug-likeness (QED) is 0.710. The van der Waals surface area contributed by atoms with Gasteiger partial charge in [0.1, 0.15) is 0 Å². The number of hydrogen-bond donors (Lipinski definition) is 2. The lowest BCUT2D eigenvalue weighted by Gasteiger charge is -2.10. The molecule has 3 rings (SSSR count). The molecule has 26 heavy (non-hydrogen) atoms. The van der Waals surface area contributed by atoms with Crippen molar-refractivity contribution in [2.45, 2.75) is 13.2 Å². The molecule has 0 bridgehead atoms. The SMILES string of the molecule is COCCOCc1cccc(NC(=O)NCc2ccc3c(c2)OCO3)c1. The van der Waals surface area contributed by atoms with Crippen molar-refractivity contribution in [2.75, 3.05) is 32.4 Å². The predicted molar refractivity (Wildman–Crippen MR) is 96.4 cm³/mol. The molecule has 1 aliphatic rings. The second kappa shape index (κ2) is 9.07. The Hall–Kier alpha value is -2.77. The van der Waals surface area contributed by atoms with E-state index in [4.69, 9.17) is 18.9 Å². The van der Waals surface area contributed by atoms with E-state index in [1.807, 2.05) is 42.5 Å². The van der Waals surface area contributed by atoms with E-state index in [9.17, 15) is 4.79 Å². The fourth-order valence-corrected chi connectivity index (χ4v) is 2.48. The lowest BCUT2D eigenvalue weighted by Crippen LogP contribution is -2.28. The summed E-state index contributed by atoms with van der Waals surface area (Å²) >= 11 is 0. The van der Waals surface area contributed by atoms with Crippen LogP contribution in [-0.4, -0.2) is 33.1 Å². The predicted octanol–water partition coefficient (Wildman–Crippen LogP) is 2.90. The van der Waals surface area contributed by atoms with Crippen LogP contribution in [0.15, 0.2) is 42.5 Å². The van der Waals surface area contributed by atoms with Crippen LogP contribution in [0.1, 0.15) is 11.1 Å². The van der Waals surface area contributed by atoms with Gasteiger partial charge >= 0.3 is 6.03 Å². The van der Waals surface area contributed by atoms with Crippen molar-refractivity contribution < 1.29 is 23.7 Å². The first-order chi connectivity index (χ1) is 12.7. The number of fused-ring (bicyclic) bond motifs is 1. The first-order valence-corrected chi connectivity index (χ1v) is 8.33. The smallest absolute Gasteiger partial charge is 0.319 e. The highest BCUT2D eigenvalue weighted by Crippen LogP contribution is 2.32. The zero-order valence-electron chi connectivity index (χ0n) is 14.6. The van der Waals surface area contributed by atoms with E-state index in [0.717, 1.165) is 16.9 Å². The van der Waals surface area contributed by atoms with Crippen LogP contribution in [0.2, 0.25) is 0 Å². The summed E-state index contributed by atoms with van der Waals surface area (Å²) < 4.78 is 21.0. The summed E-state index contributed by atoms with van der Waals surface area (Å²) in [7, 11) is 1.64. The van der Waals surface area contributed by atoms with Crippen LogP contribution >= 0.6 is 0 Å². The van der Waals surface area contributed by atoms with Gasteiger partial charge < -0.3 is 29.6 Å². The number of amides is 2. The van der Waals surface area contributed by atoms with Crippen molar-refractivity contribution in [3.63, 3.8) is 0 Å². The van der Waals surface area contributed by atoms with Gasteiger partial charge in [-0.2, -0.15) is 0 Å². The molecule has 0 atom stereocenters. The second-order valence-corrected chi connectivity index (χ2v) is 5.74. The molecule has 0 saturated heterocycles. The molecule has 0 radical (unpaired) electrons. The van der Waals surface area contributed by atoms with Crippen molar-refractivity contribution in [2.24, 2.45) is 0 Å². The Morgan fingerprint density at radius 3 is 2.85 bits per heavy atom. The van der Waals surface area contributed by atoms with Gasteiger partial charge in [-0.15, -0.1) is 0 Å². The van der Waals surface area contributed by atoms with Crippen LogP contribution in [0, 0.1) is 0 Å². The Labute approximate surface area is 152 Å². The topological polar surface area (TPSA) is 78.1 Å². The number of urea groups is 1. The number of nitrogens with one attached hydrogen (secondary N) is 2. The van der Waals surface area contributed by atoms with Gasteiger partial charge in [-0.25, -0.2) is 4.79 Å². The molecule has 0 saturated carbocycles. The second-order valence-electron chi connectivity index (χ2n) is 5.74. The first kappa shape index (κ1) is 18.0. The summed E-state index contributed by atoms with van der Waals surface area (Å²) in [5.74, 6) is 1.42. The Kier molecular flexibility index (Phi) is 6.29. The summed E-state index contributed by atoms with van der Waals surface area (Å²) in [5.41, 5.74) is 2.63. The van der Waals surface area contributed by atoms with Gasteiger partial charge in [0.25, 0.3) is 0 Å². The molecule has 1 heterocycles. The van der Waals surface area contributed by atoms with E-state index in [1.54, 1.807) is 7.11 Å². The largest absolute Gasteiger partial charge is 0.454 e. The molecule has 7 nitrogen and oxygen atoms in total. The molecule has 0 unspecified atom stereocenters. The van der Waals surface area contributed by atoms with Crippen molar-refractivity contribution in [3.8, 4) is 11.5 Å². The Bertz CT molecular complexity index is 750. The van der Waals surface area contributed by atoms with Crippen LogP contribution in [-0.2, 0) is 22.6 Å². The zero-order valence-corrected chi connectivity index (χ0v) is 14.6. The lowest BCUT2D eigenvalue weighted by atomic mass is 10.2. The minimum Gasteiger partial charge on any atom is -0.454 e. The molecule has 138 valence electrons. The van der Waals surface area contributed by atoms with Gasteiger partial charge in [0.05, 0.1) is 19.8 Å². The summed E-state index contributed by atoms with van der Waals surface area (Å²) in [6, 6.07) is 12.9. The van der Waals surface area contributed by atoms with Crippen LogP contribution in [0.25, 0.3) is 0 Å². The van der Waals surface area contributed by atoms with Crippen molar-refractivity contribution in [1.82, 2.24) is 5.32 Å². The van der Waals surface area contributed by atoms with E-state index in [2.05, 4.69) is 10.6 Å². The molecule has 2 amide bonds. The third kappa shape index (κ3) is 5.11. The van der Waals surface area contributed by atoms with Gasteiger partial charge in [0.15, 0.2) is 11.5 Å². The minimum atomic E-state index is -0.278. The summed E-state index contributed by atoms with van der Waals surface area (Å²) in [6.07, 6.45) is 0. The Balaban J connectivity index is 1.47. The molecule has 2 N–H and O–H groups in total. The van der Waals surface area contributed by atoms with Gasteiger partial charge in [-0.3, -0.25) is 0 Å². The number of hydrogen-bond acceptors (Lipinski definition) is 5. The normalized spacial score (nSPS) is 12.0. The van der Waals surface area contributed by atoms with Gasteiger partial charge in [-0.1, -0.05) is 18.2 Å². The van der Waals surface area contributed by atoms with Crippen LogP contribution in [0.4, 0.5) is 10.5 Å². The first-order valence-electron chi connectivity index (χ1n) is 8.33. The minimum absolute atomic E-state index is 0.234. The Morgan fingerprint density at radius 2 is 1.96 bits per heavy atom. The maximum atomic E-state index is 12.1. The van der Waals surface area contributed by atoms with Crippen molar-refractivity contribution in [3.05, 3.63) is 53.6 Å². The molecule has 1 aliphatic heterocycles. The van der Waals surface area contributed by atoms with Crippen molar-refractivity contribution >= 4 is 11.7 Å². The molecular formula is C19H22N2O5. The maximum absolute atomic E-state index is 12.1. The molecule has 7 heteroatoms. The number of carbonyl (C=O) groups excluding carboxylic acids is 1. The fourth-order valence-electron chi connectivity index (χ4n) is 2.48. The highest BCUT2D eigenvalue weighted by Gasteiger charge is 2.13. The number of rotatable bonds is 8. The van der Waals surface area contributed by atoms with Gasteiger partial charge in [0.2, 0.25) is 6.79 Å². The summed E-state index contributed by atoms with van der Waals surface area (Å²) in [6.45, 7) is 2.18. The number of anilines is 1. The molecule has 0 fully saturated rings. The maximum Gasteiger partial charge on any atom is 0.319 e. The number of ether oxygens (including phenoxy) is 4. The molecule has 2 aromatic carbocycles. The molecule has 0 aromatic heterocycles. The van der Waals surface area contributed by atoms with Crippen LogP contribution in [0.5, 0.6) is 11.5 Å². The summed E-state index contributed by atoms with van der Waals surface area (Å²) in [4.78, 5) is 12.1. The van der Waals surface area contributed by atoms with E-state index < -0.39 is 0 Å². The monoisotopic (exact) mass is 358 g/mol. The number of carbonyl (C=O) groups is 1. The standard InChI is InChI=1S/C19H22N2O5/c1-23-7-8-24-12-15-3-2-4-16(9-15)21-19(22)20-11-14-5-6-17-18(10-14)26-13-25-17/h2-6,9-10H,7-8,11-13H2,1H3,(H2,20,21,22). The number of benzene rings is 2. The molecule has 2 aromatic rings. The number of methoxy groups -OCH3 is 1. The third-order valence-electron chi connectivity index (χ3n) is 3.78. The zero-order chi connectivity index (χ0) is 18.2. The van der Waals surface area contributed by atoms with E-state index >= 15 is 0 Å². The van der Waals surface area contributed by atoms with Crippen LogP contribution < -0.4 is 20.1 Å². The highest BCUT2D eigenvalue weighted by atomic mass is 16.7. The summed E-state index contributed by atoms with van der Waals surface area (Å²) in [5, 5.41) is 5.64. The average Bonchev–Trinajstić information content (AvgIpc) is 3.12. The molecular weight excluding hydrogens is 336 g/mol. The Morgan fingerprint density at radius 1 is 1.08 bits per heavy atom. The van der Waals surface area contributed by atoms with E-state index in [0.29, 0.717) is 37.8 Å².